The van der Waals surface area contributed by atoms with Gasteiger partial charge in [0.05, 0.1) is 4.01 Å². The van der Waals surface area contributed by atoms with E-state index in [0.717, 1.165) is 0 Å². The van der Waals surface area contributed by atoms with Crippen LogP contribution in [0.2, 0.25) is 0 Å². The van der Waals surface area contributed by atoms with Crippen molar-refractivity contribution < 1.29 is 0 Å². The van der Waals surface area contributed by atoms with Crippen LogP contribution in [0.15, 0.2) is 128 Å². The average Bonchev–Trinajstić information content (AvgIpc) is 3.57. The predicted octanol–water partition coefficient (Wildman–Crippen LogP) is 11.5. The van der Waals surface area contributed by atoms with Gasteiger partial charge in [-0.05, 0) is 67.2 Å². The van der Waals surface area contributed by atoms with E-state index in [9.17, 15) is 0 Å². The van der Waals surface area contributed by atoms with Crippen LogP contribution in [0.3, 0.4) is 0 Å². The van der Waals surface area contributed by atoms with Crippen LogP contribution in [-0.4, -0.2) is 4.98 Å². The first-order valence-electron chi connectivity index (χ1n) is 13.5. The second kappa shape index (κ2) is 8.46. The molecule has 6 aromatic carbocycles. The van der Waals surface area contributed by atoms with E-state index in [0.29, 0.717) is 0 Å². The van der Waals surface area contributed by atoms with Crippen LogP contribution in [0.25, 0.3) is 84.1 Å². The molecule has 0 saturated carbocycles. The van der Waals surface area contributed by atoms with E-state index in [1.807, 2.05) is 35.1 Å². The van der Waals surface area contributed by atoms with E-state index in [4.69, 9.17) is 4.98 Å². The van der Waals surface area contributed by atoms with Gasteiger partial charge in [0.1, 0.15) is 0 Å². The van der Waals surface area contributed by atoms with E-state index < -0.39 is 0 Å². The molecule has 0 bridgehead atoms. The number of hydrogen-bond donors (Lipinski definition) is 0. The number of aromatic nitrogens is 1. The summed E-state index contributed by atoms with van der Waals surface area (Å²) >= 11 is 3.78. The van der Waals surface area contributed by atoms with E-state index in [2.05, 4.69) is 115 Å². The molecule has 0 unspecified atom stereocenters. The molecule has 0 fully saturated rings. The minimum absolute atomic E-state index is 1.20. The standard InChI is InChI=1S/C37H21NS2/c1-2-12-27-25(10-1)26-11-3-4-13-28(26)31-19-23(16-17-29(27)31)22-8-7-9-24(18-22)32-20-38-21-33-35-30-14-5-6-15-34(30)39-37(35)40-36(32)33/h1-21H. The quantitative estimate of drug-likeness (QED) is 0.198. The van der Waals surface area contributed by atoms with Crippen LogP contribution in [0, 0.1) is 0 Å². The first-order valence-corrected chi connectivity index (χ1v) is 15.1. The summed E-state index contributed by atoms with van der Waals surface area (Å²) < 4.78 is 4.03. The average molecular weight is 544 g/mol. The molecule has 3 aromatic heterocycles. The molecule has 1 nitrogen and oxygen atoms in total. The Balaban J connectivity index is 1.24. The Bertz CT molecular complexity index is 2410. The zero-order chi connectivity index (χ0) is 26.2. The van der Waals surface area contributed by atoms with Gasteiger partial charge in [-0.3, -0.25) is 4.98 Å². The number of rotatable bonds is 2. The Labute approximate surface area is 238 Å². The molecule has 186 valence electrons. The lowest BCUT2D eigenvalue weighted by Gasteiger charge is -2.12. The van der Waals surface area contributed by atoms with Crippen molar-refractivity contribution in [2.24, 2.45) is 0 Å². The maximum Gasteiger partial charge on any atom is 0.0891 e. The lowest BCUT2D eigenvalue weighted by Crippen LogP contribution is -1.86. The van der Waals surface area contributed by atoms with Crippen molar-refractivity contribution in [3.63, 3.8) is 0 Å². The Kier molecular flexibility index (Phi) is 4.71. The summed E-state index contributed by atoms with van der Waals surface area (Å²) in [4.78, 5) is 4.72. The fourth-order valence-electron chi connectivity index (χ4n) is 6.34. The van der Waals surface area contributed by atoms with Gasteiger partial charge < -0.3 is 0 Å². The number of benzene rings is 6. The molecule has 0 radical (unpaired) electrons. The monoisotopic (exact) mass is 543 g/mol. The van der Waals surface area contributed by atoms with Gasteiger partial charge in [0.15, 0.2) is 0 Å². The Morgan fingerprint density at radius 1 is 0.425 bits per heavy atom. The molecule has 9 rings (SSSR count). The molecule has 0 saturated heterocycles. The van der Waals surface area contributed by atoms with Gasteiger partial charge in [-0.25, -0.2) is 0 Å². The zero-order valence-corrected chi connectivity index (χ0v) is 23.0. The van der Waals surface area contributed by atoms with Gasteiger partial charge in [0, 0.05) is 43.5 Å². The van der Waals surface area contributed by atoms with Crippen LogP contribution >= 0.6 is 22.7 Å². The lowest BCUT2D eigenvalue weighted by molar-refractivity contribution is 1.37. The molecule has 0 aliphatic heterocycles. The van der Waals surface area contributed by atoms with Crippen molar-refractivity contribution in [3.8, 4) is 22.3 Å². The molecular weight excluding hydrogens is 523 g/mol. The summed E-state index contributed by atoms with van der Waals surface area (Å²) in [5.41, 5.74) is 4.86. The largest absolute Gasteiger partial charge is 0.263 e. The third kappa shape index (κ3) is 3.16. The second-order valence-electron chi connectivity index (χ2n) is 10.4. The third-order valence-electron chi connectivity index (χ3n) is 8.17. The van der Waals surface area contributed by atoms with Gasteiger partial charge in [-0.15, -0.1) is 22.7 Å². The summed E-state index contributed by atoms with van der Waals surface area (Å²) in [6, 6.07) is 42.1. The molecule has 0 atom stereocenters. The van der Waals surface area contributed by atoms with E-state index in [-0.39, 0.29) is 0 Å². The third-order valence-corrected chi connectivity index (χ3v) is 10.7. The minimum Gasteiger partial charge on any atom is -0.263 e. The van der Waals surface area contributed by atoms with Crippen molar-refractivity contribution in [2.45, 2.75) is 0 Å². The highest BCUT2D eigenvalue weighted by atomic mass is 32.2. The van der Waals surface area contributed by atoms with Gasteiger partial charge in [-0.2, -0.15) is 0 Å². The first-order chi connectivity index (χ1) is 19.8. The van der Waals surface area contributed by atoms with Crippen LogP contribution < -0.4 is 0 Å². The summed E-state index contributed by atoms with van der Waals surface area (Å²) in [6.07, 6.45) is 4.07. The topological polar surface area (TPSA) is 12.9 Å². The first kappa shape index (κ1) is 22.3. The molecule has 9 aromatic rings. The van der Waals surface area contributed by atoms with Crippen molar-refractivity contribution in [1.82, 2.24) is 4.98 Å². The molecule has 3 heteroatoms. The highest BCUT2D eigenvalue weighted by Crippen LogP contribution is 2.47. The number of thiophene rings is 2. The van der Waals surface area contributed by atoms with E-state index >= 15 is 0 Å². The molecular formula is C37H21NS2. The Hall–Kier alpha value is -4.57. The Morgan fingerprint density at radius 2 is 1.05 bits per heavy atom. The second-order valence-corrected chi connectivity index (χ2v) is 12.7. The number of pyridine rings is 1. The van der Waals surface area contributed by atoms with Gasteiger partial charge >= 0.3 is 0 Å². The van der Waals surface area contributed by atoms with Crippen molar-refractivity contribution >= 4 is 84.6 Å². The number of nitrogens with zero attached hydrogens (tertiary/aromatic N) is 1. The van der Waals surface area contributed by atoms with E-state index in [1.54, 1.807) is 0 Å². The smallest absolute Gasteiger partial charge is 0.0891 e. The highest BCUT2D eigenvalue weighted by molar-refractivity contribution is 7.44. The van der Waals surface area contributed by atoms with Crippen LogP contribution in [0.5, 0.6) is 0 Å². The van der Waals surface area contributed by atoms with Crippen molar-refractivity contribution in [3.05, 3.63) is 128 Å². The summed E-state index contributed by atoms with van der Waals surface area (Å²) in [5, 5.41) is 11.7. The van der Waals surface area contributed by atoms with Crippen molar-refractivity contribution in [2.75, 3.05) is 0 Å². The normalized spacial score (nSPS) is 12.0. The van der Waals surface area contributed by atoms with Crippen LogP contribution in [-0.2, 0) is 0 Å². The molecule has 0 spiro atoms. The van der Waals surface area contributed by atoms with Gasteiger partial charge in [0.25, 0.3) is 0 Å². The minimum atomic E-state index is 1.20. The molecule has 0 aliphatic rings. The van der Waals surface area contributed by atoms with Crippen LogP contribution in [0.1, 0.15) is 0 Å². The van der Waals surface area contributed by atoms with Gasteiger partial charge in [-0.1, -0.05) is 97.1 Å². The molecule has 0 aliphatic carbocycles. The fourth-order valence-corrected chi connectivity index (χ4v) is 9.03. The predicted molar refractivity (Wildman–Crippen MR) is 176 cm³/mol. The van der Waals surface area contributed by atoms with Gasteiger partial charge in [0.2, 0.25) is 0 Å². The molecule has 0 N–H and O–H groups in total. The molecule has 40 heavy (non-hydrogen) atoms. The number of fused-ring (bicyclic) bond motifs is 11. The number of hydrogen-bond acceptors (Lipinski definition) is 3. The summed E-state index contributed by atoms with van der Waals surface area (Å²) in [6.45, 7) is 0. The maximum absolute atomic E-state index is 4.72. The SMILES string of the molecule is c1cc(-c2ccc3c4ccccc4c4ccccc4c3c2)cc(-c2cncc3c2sc2sc4ccccc4c23)c1. The Morgan fingerprint density at radius 3 is 1.82 bits per heavy atom. The maximum atomic E-state index is 4.72. The summed E-state index contributed by atoms with van der Waals surface area (Å²) in [7, 11) is 0. The lowest BCUT2D eigenvalue weighted by atomic mass is 9.91. The zero-order valence-electron chi connectivity index (χ0n) is 21.4. The summed E-state index contributed by atoms with van der Waals surface area (Å²) in [5.74, 6) is 0. The molecule has 0 amide bonds. The van der Waals surface area contributed by atoms with Crippen LogP contribution in [0.4, 0.5) is 0 Å². The molecule has 3 heterocycles. The fraction of sp³-hybridized carbons (Fsp3) is 0. The highest BCUT2D eigenvalue weighted by Gasteiger charge is 2.16. The van der Waals surface area contributed by atoms with E-state index in [1.165, 1.54) is 84.1 Å². The van der Waals surface area contributed by atoms with Crippen molar-refractivity contribution in [1.29, 1.82) is 0 Å².